The van der Waals surface area contributed by atoms with Crippen molar-refractivity contribution in [3.05, 3.63) is 17.3 Å². The van der Waals surface area contributed by atoms with Gasteiger partial charge in [-0.15, -0.1) is 11.3 Å². The minimum atomic E-state index is 0.236. The van der Waals surface area contributed by atoms with Crippen molar-refractivity contribution in [2.75, 3.05) is 24.7 Å². The zero-order valence-corrected chi connectivity index (χ0v) is 12.1. The first-order valence-corrected chi connectivity index (χ1v) is 7.88. The standard InChI is InChI=1S/C12H17N3OS2/c1-8(5-16)6-17-7-10-14-11(13-2)9-3-4-18-12(9)15-10/h3-4,8,16H,5-7H2,1-2H3,(H,13,14,15). The fourth-order valence-corrected chi connectivity index (χ4v) is 3.28. The van der Waals surface area contributed by atoms with Gasteiger partial charge in [0.1, 0.15) is 16.5 Å². The third kappa shape index (κ3) is 3.13. The monoisotopic (exact) mass is 283 g/mol. The summed E-state index contributed by atoms with van der Waals surface area (Å²) in [4.78, 5) is 10.1. The summed E-state index contributed by atoms with van der Waals surface area (Å²) in [5.41, 5.74) is 0. The van der Waals surface area contributed by atoms with Crippen LogP contribution in [0, 0.1) is 5.92 Å². The van der Waals surface area contributed by atoms with Crippen LogP contribution in [-0.4, -0.2) is 34.5 Å². The first kappa shape index (κ1) is 13.6. The van der Waals surface area contributed by atoms with Crippen LogP contribution in [0.4, 0.5) is 5.82 Å². The predicted octanol–water partition coefficient (Wildman–Crippen LogP) is 2.59. The minimum Gasteiger partial charge on any atom is -0.396 e. The highest BCUT2D eigenvalue weighted by Gasteiger charge is 2.08. The second kappa shape index (κ2) is 6.36. The van der Waals surface area contributed by atoms with E-state index in [0.717, 1.165) is 33.4 Å². The Hall–Kier alpha value is -0.850. The molecule has 0 radical (unpaired) electrons. The van der Waals surface area contributed by atoms with Gasteiger partial charge in [-0.25, -0.2) is 9.97 Å². The van der Waals surface area contributed by atoms with Crippen LogP contribution in [0.5, 0.6) is 0 Å². The van der Waals surface area contributed by atoms with Gasteiger partial charge in [-0.3, -0.25) is 0 Å². The lowest BCUT2D eigenvalue weighted by Gasteiger charge is -2.08. The Morgan fingerprint density at radius 1 is 1.50 bits per heavy atom. The molecule has 1 unspecified atom stereocenters. The number of aromatic nitrogens is 2. The van der Waals surface area contributed by atoms with Crippen LogP contribution in [0.1, 0.15) is 12.7 Å². The second-order valence-electron chi connectivity index (χ2n) is 4.18. The number of thiophene rings is 1. The van der Waals surface area contributed by atoms with Crippen LogP contribution in [0.15, 0.2) is 11.4 Å². The van der Waals surface area contributed by atoms with E-state index in [1.54, 1.807) is 23.1 Å². The fraction of sp³-hybridized carbons (Fsp3) is 0.500. The van der Waals surface area contributed by atoms with E-state index >= 15 is 0 Å². The van der Waals surface area contributed by atoms with Gasteiger partial charge in [0.15, 0.2) is 0 Å². The van der Waals surface area contributed by atoms with Crippen molar-refractivity contribution in [3.8, 4) is 0 Å². The van der Waals surface area contributed by atoms with E-state index in [0.29, 0.717) is 5.92 Å². The summed E-state index contributed by atoms with van der Waals surface area (Å²) in [6.07, 6.45) is 0. The number of fused-ring (bicyclic) bond motifs is 1. The van der Waals surface area contributed by atoms with Crippen molar-refractivity contribution < 1.29 is 5.11 Å². The number of rotatable bonds is 6. The van der Waals surface area contributed by atoms with E-state index in [1.807, 2.05) is 25.4 Å². The van der Waals surface area contributed by atoms with Gasteiger partial charge in [-0.2, -0.15) is 11.8 Å². The highest BCUT2D eigenvalue weighted by Crippen LogP contribution is 2.26. The Labute approximate surface area is 115 Å². The Morgan fingerprint density at radius 2 is 2.33 bits per heavy atom. The maximum atomic E-state index is 8.97. The van der Waals surface area contributed by atoms with Gasteiger partial charge in [0.2, 0.25) is 0 Å². The zero-order chi connectivity index (χ0) is 13.0. The van der Waals surface area contributed by atoms with Gasteiger partial charge < -0.3 is 10.4 Å². The van der Waals surface area contributed by atoms with E-state index in [1.165, 1.54) is 0 Å². The summed E-state index contributed by atoms with van der Waals surface area (Å²) in [5, 5.41) is 15.2. The summed E-state index contributed by atoms with van der Waals surface area (Å²) < 4.78 is 0. The SMILES string of the molecule is CNc1nc(CSCC(C)CO)nc2sccc12. The second-order valence-corrected chi connectivity index (χ2v) is 6.11. The molecule has 0 bridgehead atoms. The van der Waals surface area contributed by atoms with E-state index in [-0.39, 0.29) is 6.61 Å². The van der Waals surface area contributed by atoms with Crippen molar-refractivity contribution in [2.24, 2.45) is 5.92 Å². The van der Waals surface area contributed by atoms with Gasteiger partial charge in [0, 0.05) is 13.7 Å². The molecule has 0 aliphatic heterocycles. The number of hydrogen-bond acceptors (Lipinski definition) is 6. The highest BCUT2D eigenvalue weighted by atomic mass is 32.2. The molecular weight excluding hydrogens is 266 g/mol. The molecule has 0 aromatic carbocycles. The fourth-order valence-electron chi connectivity index (χ4n) is 1.56. The number of anilines is 1. The van der Waals surface area contributed by atoms with Crippen molar-refractivity contribution in [1.82, 2.24) is 9.97 Å². The lowest BCUT2D eigenvalue weighted by atomic mass is 10.2. The molecule has 4 nitrogen and oxygen atoms in total. The molecule has 0 saturated heterocycles. The molecule has 2 N–H and O–H groups in total. The number of hydrogen-bond donors (Lipinski definition) is 2. The molecule has 18 heavy (non-hydrogen) atoms. The van der Waals surface area contributed by atoms with Gasteiger partial charge >= 0.3 is 0 Å². The minimum absolute atomic E-state index is 0.236. The van der Waals surface area contributed by atoms with Crippen LogP contribution in [0.2, 0.25) is 0 Å². The number of nitrogens with zero attached hydrogens (tertiary/aromatic N) is 2. The van der Waals surface area contributed by atoms with E-state index in [4.69, 9.17) is 5.11 Å². The maximum absolute atomic E-state index is 8.97. The first-order chi connectivity index (χ1) is 8.74. The largest absolute Gasteiger partial charge is 0.396 e. The van der Waals surface area contributed by atoms with Gasteiger partial charge in [-0.05, 0) is 23.1 Å². The third-order valence-corrected chi connectivity index (χ3v) is 4.63. The number of aliphatic hydroxyl groups excluding tert-OH is 1. The number of thioether (sulfide) groups is 1. The lowest BCUT2D eigenvalue weighted by molar-refractivity contribution is 0.250. The Morgan fingerprint density at radius 3 is 3.06 bits per heavy atom. The van der Waals surface area contributed by atoms with E-state index in [9.17, 15) is 0 Å². The van der Waals surface area contributed by atoms with Crippen molar-refractivity contribution in [2.45, 2.75) is 12.7 Å². The molecule has 6 heteroatoms. The first-order valence-electron chi connectivity index (χ1n) is 5.85. The number of aliphatic hydroxyl groups is 1. The van der Waals surface area contributed by atoms with Crippen LogP contribution in [0.3, 0.4) is 0 Å². The zero-order valence-electron chi connectivity index (χ0n) is 10.5. The molecule has 1 atom stereocenters. The quantitative estimate of drug-likeness (QED) is 0.853. The summed E-state index contributed by atoms with van der Waals surface area (Å²) in [5.74, 6) is 3.78. The Kier molecular flexibility index (Phi) is 4.79. The van der Waals surface area contributed by atoms with Crippen LogP contribution in [-0.2, 0) is 5.75 Å². The van der Waals surface area contributed by atoms with Crippen LogP contribution < -0.4 is 5.32 Å². The molecule has 0 spiro atoms. The molecule has 0 amide bonds. The summed E-state index contributed by atoms with van der Waals surface area (Å²) >= 11 is 3.40. The van der Waals surface area contributed by atoms with E-state index < -0.39 is 0 Å². The van der Waals surface area contributed by atoms with Gasteiger partial charge in [0.05, 0.1) is 11.1 Å². The molecule has 0 fully saturated rings. The third-order valence-electron chi connectivity index (χ3n) is 2.55. The highest BCUT2D eigenvalue weighted by molar-refractivity contribution is 7.98. The van der Waals surface area contributed by atoms with Gasteiger partial charge in [-0.1, -0.05) is 6.92 Å². The van der Waals surface area contributed by atoms with Crippen molar-refractivity contribution >= 4 is 39.1 Å². The van der Waals surface area contributed by atoms with Crippen LogP contribution >= 0.6 is 23.1 Å². The Bertz CT molecular complexity index is 515. The summed E-state index contributed by atoms with van der Waals surface area (Å²) in [6.45, 7) is 2.27. The van der Waals surface area contributed by atoms with Crippen LogP contribution in [0.25, 0.3) is 10.2 Å². The molecular formula is C12H17N3OS2. The molecule has 2 heterocycles. The van der Waals surface area contributed by atoms with Crippen molar-refractivity contribution in [1.29, 1.82) is 0 Å². The molecule has 2 rings (SSSR count). The normalized spacial score (nSPS) is 12.8. The maximum Gasteiger partial charge on any atom is 0.142 e. The molecule has 2 aromatic rings. The van der Waals surface area contributed by atoms with E-state index in [2.05, 4.69) is 15.3 Å². The lowest BCUT2D eigenvalue weighted by Crippen LogP contribution is -2.05. The molecule has 0 aliphatic carbocycles. The average molecular weight is 283 g/mol. The number of nitrogens with one attached hydrogen (secondary N) is 1. The summed E-state index contributed by atoms with van der Waals surface area (Å²) in [6, 6.07) is 2.04. The molecule has 2 aromatic heterocycles. The average Bonchev–Trinajstić information content (AvgIpc) is 2.85. The smallest absolute Gasteiger partial charge is 0.142 e. The molecule has 0 saturated carbocycles. The molecule has 0 aliphatic rings. The topological polar surface area (TPSA) is 58.0 Å². The summed E-state index contributed by atoms with van der Waals surface area (Å²) in [7, 11) is 1.88. The Balaban J connectivity index is 2.08. The van der Waals surface area contributed by atoms with Crippen molar-refractivity contribution in [3.63, 3.8) is 0 Å². The molecule has 98 valence electrons. The van der Waals surface area contributed by atoms with Gasteiger partial charge in [0.25, 0.3) is 0 Å². The predicted molar refractivity (Wildman–Crippen MR) is 79.4 cm³/mol.